The first kappa shape index (κ1) is 16.1. The Labute approximate surface area is 140 Å². The van der Waals surface area contributed by atoms with Crippen LogP contribution in [0.2, 0.25) is 0 Å². The molecule has 0 spiro atoms. The number of aromatic amines is 1. The standard InChI is InChI=1S/C13H17IN2O6/c14-21-6-8-10(18)11(20-5-7-1-2-7)12(22-8)16-4-3-9(17)15-13(16)19/h3-4,7-8,10-12,18H,1-2,5-6H2,(H,15,17,19)/t8-,10-,11-,12-/m1/s1. The van der Waals surface area contributed by atoms with Gasteiger partial charge in [-0.15, -0.1) is 0 Å². The van der Waals surface area contributed by atoms with Crippen molar-refractivity contribution in [1.82, 2.24) is 9.55 Å². The number of ether oxygens (including phenoxy) is 2. The van der Waals surface area contributed by atoms with Crippen molar-refractivity contribution in [3.8, 4) is 0 Å². The fourth-order valence-corrected chi connectivity index (χ4v) is 2.84. The topological polar surface area (TPSA) is 103 Å². The summed E-state index contributed by atoms with van der Waals surface area (Å²) in [6.45, 7) is 0.705. The minimum absolute atomic E-state index is 0.180. The molecule has 2 aliphatic rings. The molecule has 1 saturated heterocycles. The van der Waals surface area contributed by atoms with E-state index in [-0.39, 0.29) is 6.61 Å². The van der Waals surface area contributed by atoms with E-state index in [0.29, 0.717) is 12.5 Å². The predicted octanol–water partition coefficient (Wildman–Crippen LogP) is -0.0433. The third kappa shape index (κ3) is 3.43. The molecule has 1 aliphatic carbocycles. The zero-order chi connectivity index (χ0) is 15.7. The molecule has 0 unspecified atom stereocenters. The van der Waals surface area contributed by atoms with Crippen LogP contribution >= 0.6 is 23.0 Å². The van der Waals surface area contributed by atoms with Crippen LogP contribution in [0.5, 0.6) is 0 Å². The van der Waals surface area contributed by atoms with Gasteiger partial charge in [0.25, 0.3) is 5.56 Å². The number of hydrogen-bond acceptors (Lipinski definition) is 6. The van der Waals surface area contributed by atoms with Gasteiger partial charge in [-0.1, -0.05) is 0 Å². The number of aliphatic hydroxyl groups excluding tert-OH is 1. The third-order valence-corrected chi connectivity index (χ3v) is 4.25. The van der Waals surface area contributed by atoms with E-state index in [2.05, 4.69) is 4.98 Å². The highest BCUT2D eigenvalue weighted by Crippen LogP contribution is 2.35. The SMILES string of the molecule is O=c1ccn([C@@H]2O[C@H](COI)[C@@H](O)[C@H]2OCC2CC2)c(=O)[nH]1. The van der Waals surface area contributed by atoms with Crippen molar-refractivity contribution in [1.29, 1.82) is 0 Å². The van der Waals surface area contributed by atoms with Crippen LogP contribution in [0.25, 0.3) is 0 Å². The molecule has 1 saturated carbocycles. The smallest absolute Gasteiger partial charge is 0.330 e. The summed E-state index contributed by atoms with van der Waals surface area (Å²) in [4.78, 5) is 25.3. The van der Waals surface area contributed by atoms with Gasteiger partial charge in [-0.25, -0.2) is 4.79 Å². The molecular formula is C13H17IN2O6. The molecule has 0 bridgehead atoms. The molecule has 2 heterocycles. The summed E-state index contributed by atoms with van der Waals surface area (Å²) in [6, 6.07) is 1.23. The zero-order valence-electron chi connectivity index (χ0n) is 11.7. The summed E-state index contributed by atoms with van der Waals surface area (Å²) in [5.74, 6) is 0.514. The molecule has 22 heavy (non-hydrogen) atoms. The molecule has 2 fully saturated rings. The molecule has 8 nitrogen and oxygen atoms in total. The predicted molar refractivity (Wildman–Crippen MR) is 83.7 cm³/mol. The van der Waals surface area contributed by atoms with Crippen LogP contribution in [0.3, 0.4) is 0 Å². The summed E-state index contributed by atoms with van der Waals surface area (Å²) in [5.41, 5.74) is -1.08. The summed E-state index contributed by atoms with van der Waals surface area (Å²) < 4.78 is 17.7. The van der Waals surface area contributed by atoms with E-state index in [1.165, 1.54) is 16.8 Å². The average Bonchev–Trinajstić information content (AvgIpc) is 3.25. The lowest BCUT2D eigenvalue weighted by Crippen LogP contribution is -2.39. The van der Waals surface area contributed by atoms with Crippen molar-refractivity contribution in [2.24, 2.45) is 5.92 Å². The van der Waals surface area contributed by atoms with Crippen molar-refractivity contribution < 1.29 is 17.6 Å². The van der Waals surface area contributed by atoms with E-state index >= 15 is 0 Å². The van der Waals surface area contributed by atoms with Gasteiger partial charge in [-0.3, -0.25) is 14.3 Å². The lowest BCUT2D eigenvalue weighted by molar-refractivity contribution is -0.0747. The van der Waals surface area contributed by atoms with Crippen molar-refractivity contribution in [3.05, 3.63) is 33.1 Å². The van der Waals surface area contributed by atoms with E-state index in [9.17, 15) is 14.7 Å². The number of hydrogen-bond donors (Lipinski definition) is 2. The van der Waals surface area contributed by atoms with Crippen LogP contribution in [0, 0.1) is 5.92 Å². The first-order chi connectivity index (χ1) is 10.6. The number of aromatic nitrogens is 2. The van der Waals surface area contributed by atoms with E-state index in [1.54, 1.807) is 23.0 Å². The molecular weight excluding hydrogens is 407 g/mol. The van der Waals surface area contributed by atoms with Gasteiger partial charge in [0.2, 0.25) is 0 Å². The Hall–Kier alpha value is -0.750. The second-order valence-electron chi connectivity index (χ2n) is 5.59. The summed E-state index contributed by atoms with van der Waals surface area (Å²) in [5, 5.41) is 10.4. The number of aliphatic hydroxyl groups is 1. The maximum atomic E-state index is 12.0. The Morgan fingerprint density at radius 2 is 2.18 bits per heavy atom. The Morgan fingerprint density at radius 3 is 2.82 bits per heavy atom. The summed E-state index contributed by atoms with van der Waals surface area (Å²) in [6.07, 6.45) is 0.609. The van der Waals surface area contributed by atoms with Crippen LogP contribution in [0.15, 0.2) is 21.9 Å². The molecule has 3 rings (SSSR count). The Morgan fingerprint density at radius 1 is 1.41 bits per heavy atom. The van der Waals surface area contributed by atoms with Crippen LogP contribution in [-0.2, 0) is 12.5 Å². The quantitative estimate of drug-likeness (QED) is 0.622. The zero-order valence-corrected chi connectivity index (χ0v) is 13.8. The van der Waals surface area contributed by atoms with Crippen molar-refractivity contribution in [3.63, 3.8) is 0 Å². The minimum Gasteiger partial charge on any atom is -0.387 e. The summed E-state index contributed by atoms with van der Waals surface area (Å²) in [7, 11) is 0. The van der Waals surface area contributed by atoms with Gasteiger partial charge < -0.3 is 17.6 Å². The normalized spacial score (nSPS) is 31.5. The van der Waals surface area contributed by atoms with E-state index in [4.69, 9.17) is 12.5 Å². The van der Waals surface area contributed by atoms with Crippen LogP contribution < -0.4 is 11.2 Å². The van der Waals surface area contributed by atoms with Gasteiger partial charge >= 0.3 is 5.69 Å². The average molecular weight is 424 g/mol. The molecule has 4 atom stereocenters. The largest absolute Gasteiger partial charge is 0.387 e. The van der Waals surface area contributed by atoms with Gasteiger partial charge in [0.1, 0.15) is 41.3 Å². The molecule has 122 valence electrons. The molecule has 1 aromatic rings. The summed E-state index contributed by atoms with van der Waals surface area (Å²) >= 11 is 1.72. The molecule has 1 aromatic heterocycles. The molecule has 1 aliphatic heterocycles. The number of rotatable bonds is 6. The first-order valence-corrected chi connectivity index (χ1v) is 7.98. The maximum absolute atomic E-state index is 12.0. The lowest BCUT2D eigenvalue weighted by atomic mass is 10.1. The van der Waals surface area contributed by atoms with E-state index in [1.807, 2.05) is 0 Å². The highest BCUT2D eigenvalue weighted by molar-refractivity contribution is 14.1. The van der Waals surface area contributed by atoms with Gasteiger partial charge in [-0.05, 0) is 18.8 Å². The highest BCUT2D eigenvalue weighted by atomic mass is 127. The van der Waals surface area contributed by atoms with Crippen LogP contribution in [-0.4, -0.2) is 46.2 Å². The number of halogens is 1. The second-order valence-corrected chi connectivity index (χ2v) is 6.21. The molecule has 0 aromatic carbocycles. The Bertz CT molecular complexity index is 627. The van der Waals surface area contributed by atoms with E-state index in [0.717, 1.165) is 12.8 Å². The highest BCUT2D eigenvalue weighted by Gasteiger charge is 2.46. The third-order valence-electron chi connectivity index (χ3n) is 3.89. The second kappa shape index (κ2) is 6.79. The number of nitrogens with one attached hydrogen (secondary N) is 1. The molecule has 0 radical (unpaired) electrons. The van der Waals surface area contributed by atoms with Crippen molar-refractivity contribution in [2.75, 3.05) is 13.2 Å². The van der Waals surface area contributed by atoms with Crippen LogP contribution in [0.4, 0.5) is 0 Å². The van der Waals surface area contributed by atoms with Crippen molar-refractivity contribution >= 4 is 23.0 Å². The van der Waals surface area contributed by atoms with Crippen LogP contribution in [0.1, 0.15) is 19.1 Å². The number of H-pyrrole nitrogens is 1. The lowest BCUT2D eigenvalue weighted by Gasteiger charge is -2.22. The monoisotopic (exact) mass is 424 g/mol. The van der Waals surface area contributed by atoms with Gasteiger partial charge in [0, 0.05) is 12.3 Å². The fraction of sp³-hybridized carbons (Fsp3) is 0.692. The maximum Gasteiger partial charge on any atom is 0.330 e. The van der Waals surface area contributed by atoms with Gasteiger partial charge in [-0.2, -0.15) is 0 Å². The van der Waals surface area contributed by atoms with Gasteiger partial charge in [0.15, 0.2) is 6.23 Å². The van der Waals surface area contributed by atoms with Crippen molar-refractivity contribution in [2.45, 2.75) is 37.4 Å². The fourth-order valence-electron chi connectivity index (χ4n) is 2.48. The van der Waals surface area contributed by atoms with E-state index < -0.39 is 35.8 Å². The Kier molecular flexibility index (Phi) is 4.97. The molecule has 0 amide bonds. The van der Waals surface area contributed by atoms with Gasteiger partial charge in [0.05, 0.1) is 13.2 Å². The minimum atomic E-state index is -0.905. The molecule has 2 N–H and O–H groups in total. The Balaban J connectivity index is 1.83. The number of nitrogens with zero attached hydrogens (tertiary/aromatic N) is 1. The first-order valence-electron chi connectivity index (χ1n) is 7.10. The molecule has 9 heteroatoms.